The highest BCUT2D eigenvalue weighted by Gasteiger charge is 2.38. The van der Waals surface area contributed by atoms with Crippen LogP contribution in [0.1, 0.15) is 17.2 Å². The second-order valence-corrected chi connectivity index (χ2v) is 4.72. The van der Waals surface area contributed by atoms with Crippen LogP contribution in [-0.4, -0.2) is 25.0 Å². The first-order valence-corrected chi connectivity index (χ1v) is 6.72. The zero-order valence-electron chi connectivity index (χ0n) is 11.6. The summed E-state index contributed by atoms with van der Waals surface area (Å²) in [5, 5.41) is 0. The minimum absolute atomic E-state index is 0.394. The summed E-state index contributed by atoms with van der Waals surface area (Å²) in [6.07, 6.45) is -0.450. The van der Waals surface area contributed by atoms with Crippen LogP contribution in [0.5, 0.6) is 0 Å². The maximum Gasteiger partial charge on any atom is 0.335 e. The Labute approximate surface area is 123 Å². The summed E-state index contributed by atoms with van der Waals surface area (Å²) in [4.78, 5) is 16.4. The van der Waals surface area contributed by atoms with Crippen molar-refractivity contribution in [2.45, 2.75) is 12.1 Å². The Morgan fingerprint density at radius 3 is 2.29 bits per heavy atom. The van der Waals surface area contributed by atoms with Crippen molar-refractivity contribution < 1.29 is 14.3 Å². The Morgan fingerprint density at radius 2 is 1.67 bits per heavy atom. The van der Waals surface area contributed by atoms with Gasteiger partial charge in [0.05, 0.1) is 7.11 Å². The van der Waals surface area contributed by atoms with Crippen LogP contribution in [0.25, 0.3) is 0 Å². The molecule has 0 bridgehead atoms. The summed E-state index contributed by atoms with van der Waals surface area (Å²) < 4.78 is 10.8. The van der Waals surface area contributed by atoms with Gasteiger partial charge in [0.25, 0.3) is 0 Å². The van der Waals surface area contributed by atoms with Crippen LogP contribution in [0, 0.1) is 0 Å². The number of hydrogen-bond acceptors (Lipinski definition) is 4. The van der Waals surface area contributed by atoms with Crippen molar-refractivity contribution in [3.8, 4) is 0 Å². The lowest BCUT2D eigenvalue weighted by molar-refractivity contribution is -0.143. The number of methoxy groups -OCH3 is 1. The highest BCUT2D eigenvalue weighted by Crippen LogP contribution is 2.31. The van der Waals surface area contributed by atoms with E-state index in [4.69, 9.17) is 9.47 Å². The van der Waals surface area contributed by atoms with E-state index in [1.807, 2.05) is 60.7 Å². The van der Waals surface area contributed by atoms with Gasteiger partial charge in [0.2, 0.25) is 5.90 Å². The number of benzene rings is 2. The predicted octanol–water partition coefficient (Wildman–Crippen LogP) is 2.75. The van der Waals surface area contributed by atoms with Crippen LogP contribution < -0.4 is 0 Å². The SMILES string of the molecule is COC(=O)[C@@H]1N=C(c2ccccc2)O[C@H]1c1ccccc1. The zero-order chi connectivity index (χ0) is 14.7. The lowest BCUT2D eigenvalue weighted by Gasteiger charge is -2.16. The Kier molecular flexibility index (Phi) is 3.69. The van der Waals surface area contributed by atoms with E-state index in [9.17, 15) is 4.79 Å². The van der Waals surface area contributed by atoms with Gasteiger partial charge in [-0.2, -0.15) is 0 Å². The van der Waals surface area contributed by atoms with E-state index in [-0.39, 0.29) is 0 Å². The van der Waals surface area contributed by atoms with Crippen molar-refractivity contribution in [3.63, 3.8) is 0 Å². The number of carbonyl (C=O) groups excluding carboxylic acids is 1. The van der Waals surface area contributed by atoms with Gasteiger partial charge in [0.1, 0.15) is 0 Å². The highest BCUT2D eigenvalue weighted by molar-refractivity contribution is 5.98. The van der Waals surface area contributed by atoms with Gasteiger partial charge in [-0.05, 0) is 17.7 Å². The van der Waals surface area contributed by atoms with Crippen molar-refractivity contribution in [2.24, 2.45) is 4.99 Å². The summed E-state index contributed by atoms with van der Waals surface area (Å²) in [6, 6.07) is 18.5. The predicted molar refractivity (Wildman–Crippen MR) is 79.1 cm³/mol. The topological polar surface area (TPSA) is 47.9 Å². The molecule has 21 heavy (non-hydrogen) atoms. The van der Waals surface area contributed by atoms with Crippen LogP contribution >= 0.6 is 0 Å². The second kappa shape index (κ2) is 5.79. The summed E-state index contributed by atoms with van der Waals surface area (Å²) >= 11 is 0. The fourth-order valence-electron chi connectivity index (χ4n) is 2.32. The molecule has 3 rings (SSSR count). The number of ether oxygens (including phenoxy) is 2. The smallest absolute Gasteiger partial charge is 0.335 e. The summed E-state index contributed by atoms with van der Waals surface area (Å²) in [6.45, 7) is 0. The molecule has 1 aliphatic rings. The number of carbonyl (C=O) groups is 1. The van der Waals surface area contributed by atoms with Gasteiger partial charge in [-0.1, -0.05) is 48.5 Å². The molecule has 1 aliphatic heterocycles. The van der Waals surface area contributed by atoms with Gasteiger partial charge in [-0.15, -0.1) is 0 Å². The number of hydrogen-bond donors (Lipinski definition) is 0. The Balaban J connectivity index is 1.95. The standard InChI is InChI=1S/C17H15NO3/c1-20-17(19)14-15(12-8-4-2-5-9-12)21-16(18-14)13-10-6-3-7-11-13/h2-11,14-15H,1H3/t14-,15+/m1/s1. The zero-order valence-corrected chi connectivity index (χ0v) is 11.6. The lowest BCUT2D eigenvalue weighted by Crippen LogP contribution is -2.25. The molecule has 0 radical (unpaired) electrons. The van der Waals surface area contributed by atoms with E-state index in [0.29, 0.717) is 5.90 Å². The molecule has 0 aliphatic carbocycles. The highest BCUT2D eigenvalue weighted by atomic mass is 16.5. The lowest BCUT2D eigenvalue weighted by atomic mass is 10.0. The van der Waals surface area contributed by atoms with Crippen LogP contribution in [0.3, 0.4) is 0 Å². The molecule has 0 saturated carbocycles. The molecule has 106 valence electrons. The van der Waals surface area contributed by atoms with E-state index in [1.54, 1.807) is 0 Å². The Hall–Kier alpha value is -2.62. The molecular formula is C17H15NO3. The van der Waals surface area contributed by atoms with Crippen molar-refractivity contribution in [2.75, 3.05) is 7.11 Å². The fraction of sp³-hybridized carbons (Fsp3) is 0.176. The first-order chi connectivity index (χ1) is 10.3. The van der Waals surface area contributed by atoms with Crippen LogP contribution in [0.15, 0.2) is 65.7 Å². The van der Waals surface area contributed by atoms with E-state index >= 15 is 0 Å². The van der Waals surface area contributed by atoms with Gasteiger partial charge < -0.3 is 9.47 Å². The monoisotopic (exact) mass is 281 g/mol. The van der Waals surface area contributed by atoms with Crippen molar-refractivity contribution >= 4 is 11.9 Å². The molecule has 2 atom stereocenters. The van der Waals surface area contributed by atoms with Gasteiger partial charge >= 0.3 is 5.97 Å². The minimum Gasteiger partial charge on any atom is -0.467 e. The van der Waals surface area contributed by atoms with Crippen LogP contribution in [0.2, 0.25) is 0 Å². The molecule has 0 aromatic heterocycles. The molecule has 0 fully saturated rings. The quantitative estimate of drug-likeness (QED) is 0.813. The van der Waals surface area contributed by atoms with E-state index < -0.39 is 18.1 Å². The molecule has 0 unspecified atom stereocenters. The summed E-state index contributed by atoms with van der Waals surface area (Å²) in [5.41, 5.74) is 1.76. The summed E-state index contributed by atoms with van der Waals surface area (Å²) in [5.74, 6) is 0.0784. The third kappa shape index (κ3) is 2.65. The maximum absolute atomic E-state index is 12.0. The number of nitrogens with zero attached hydrogens (tertiary/aromatic N) is 1. The first-order valence-electron chi connectivity index (χ1n) is 6.72. The maximum atomic E-state index is 12.0. The average Bonchev–Trinajstić information content (AvgIpc) is 3.01. The minimum atomic E-state index is -0.674. The van der Waals surface area contributed by atoms with E-state index in [1.165, 1.54) is 7.11 Å². The molecule has 0 saturated heterocycles. The second-order valence-electron chi connectivity index (χ2n) is 4.72. The Morgan fingerprint density at radius 1 is 1.05 bits per heavy atom. The number of aliphatic imine (C=N–C) groups is 1. The van der Waals surface area contributed by atoms with Crippen LogP contribution in [-0.2, 0) is 14.3 Å². The molecule has 1 heterocycles. The van der Waals surface area contributed by atoms with Gasteiger partial charge in [-0.3, -0.25) is 0 Å². The molecule has 4 nitrogen and oxygen atoms in total. The van der Waals surface area contributed by atoms with Crippen LogP contribution in [0.4, 0.5) is 0 Å². The molecule has 2 aromatic rings. The third-order valence-electron chi connectivity index (χ3n) is 3.37. The molecule has 2 aromatic carbocycles. The van der Waals surface area contributed by atoms with E-state index in [2.05, 4.69) is 4.99 Å². The van der Waals surface area contributed by atoms with E-state index in [0.717, 1.165) is 11.1 Å². The van der Waals surface area contributed by atoms with Crippen molar-refractivity contribution in [3.05, 3.63) is 71.8 Å². The molecular weight excluding hydrogens is 266 g/mol. The largest absolute Gasteiger partial charge is 0.467 e. The first kappa shape index (κ1) is 13.4. The van der Waals surface area contributed by atoms with Gasteiger partial charge in [-0.25, -0.2) is 9.79 Å². The number of esters is 1. The average molecular weight is 281 g/mol. The molecule has 0 spiro atoms. The fourth-order valence-corrected chi connectivity index (χ4v) is 2.32. The van der Waals surface area contributed by atoms with Gasteiger partial charge in [0.15, 0.2) is 12.1 Å². The Bertz CT molecular complexity index is 652. The number of rotatable bonds is 3. The molecule has 0 N–H and O–H groups in total. The van der Waals surface area contributed by atoms with Crippen molar-refractivity contribution in [1.82, 2.24) is 0 Å². The normalized spacial score (nSPS) is 20.5. The molecule has 0 amide bonds. The third-order valence-corrected chi connectivity index (χ3v) is 3.37. The van der Waals surface area contributed by atoms with Gasteiger partial charge in [0, 0.05) is 5.56 Å². The molecule has 4 heteroatoms. The summed E-state index contributed by atoms with van der Waals surface area (Å²) in [7, 11) is 1.36. The van der Waals surface area contributed by atoms with Crippen molar-refractivity contribution in [1.29, 1.82) is 0 Å².